The third-order valence-electron chi connectivity index (χ3n) is 8.25. The molecule has 0 spiro atoms. The van der Waals surface area contributed by atoms with Gasteiger partial charge in [0.2, 0.25) is 0 Å². The van der Waals surface area contributed by atoms with Crippen LogP contribution in [-0.4, -0.2) is 15.0 Å². The third kappa shape index (κ3) is 3.81. The molecule has 0 saturated carbocycles. The van der Waals surface area contributed by atoms with Crippen molar-refractivity contribution < 1.29 is 4.42 Å². The van der Waals surface area contributed by atoms with Crippen molar-refractivity contribution in [2.24, 2.45) is 0 Å². The van der Waals surface area contributed by atoms with Gasteiger partial charge in [-0.25, -0.2) is 15.0 Å². The SMILES string of the molecule is c1ccc(-c2nc(-c3ccccc3)nc(-c3cc4ccc5ccccc5c4c4oc5cc6ccccc6cc5c34)n2)cc1. The summed E-state index contributed by atoms with van der Waals surface area (Å²) in [6.07, 6.45) is 0. The van der Waals surface area contributed by atoms with Crippen molar-refractivity contribution in [2.45, 2.75) is 0 Å². The van der Waals surface area contributed by atoms with Crippen molar-refractivity contribution in [3.05, 3.63) is 140 Å². The van der Waals surface area contributed by atoms with Crippen LogP contribution < -0.4 is 0 Å². The number of hydrogen-bond donors (Lipinski definition) is 0. The second-order valence-corrected chi connectivity index (χ2v) is 10.8. The molecule has 0 atom stereocenters. The molecule has 200 valence electrons. The van der Waals surface area contributed by atoms with Crippen LogP contribution in [0.15, 0.2) is 144 Å². The maximum atomic E-state index is 6.80. The van der Waals surface area contributed by atoms with Crippen molar-refractivity contribution in [3.63, 3.8) is 0 Å². The summed E-state index contributed by atoms with van der Waals surface area (Å²) in [5.74, 6) is 1.88. The Morgan fingerprint density at radius 3 is 1.65 bits per heavy atom. The van der Waals surface area contributed by atoms with Gasteiger partial charge in [0, 0.05) is 32.8 Å². The van der Waals surface area contributed by atoms with E-state index in [-0.39, 0.29) is 0 Å². The highest BCUT2D eigenvalue weighted by atomic mass is 16.3. The van der Waals surface area contributed by atoms with Crippen LogP contribution in [0.25, 0.3) is 88.4 Å². The van der Waals surface area contributed by atoms with Crippen molar-refractivity contribution in [3.8, 4) is 34.2 Å². The maximum absolute atomic E-state index is 6.80. The van der Waals surface area contributed by atoms with E-state index >= 15 is 0 Å². The first-order valence-electron chi connectivity index (χ1n) is 14.4. The van der Waals surface area contributed by atoms with Gasteiger partial charge in [0.05, 0.1) is 0 Å². The van der Waals surface area contributed by atoms with Crippen molar-refractivity contribution in [1.29, 1.82) is 0 Å². The fourth-order valence-corrected chi connectivity index (χ4v) is 6.22. The smallest absolute Gasteiger partial charge is 0.164 e. The van der Waals surface area contributed by atoms with Gasteiger partial charge < -0.3 is 4.42 Å². The molecule has 9 aromatic rings. The van der Waals surface area contributed by atoms with E-state index < -0.39 is 0 Å². The average molecular weight is 550 g/mol. The Bertz CT molecular complexity index is 2440. The fourth-order valence-electron chi connectivity index (χ4n) is 6.22. The van der Waals surface area contributed by atoms with Crippen LogP contribution in [0.2, 0.25) is 0 Å². The van der Waals surface area contributed by atoms with Gasteiger partial charge in [0.25, 0.3) is 0 Å². The van der Waals surface area contributed by atoms with E-state index in [1.54, 1.807) is 0 Å². The van der Waals surface area contributed by atoms with Crippen LogP contribution in [0.3, 0.4) is 0 Å². The number of benzene rings is 7. The Kier molecular flexibility index (Phi) is 5.16. The van der Waals surface area contributed by atoms with Crippen LogP contribution in [0.5, 0.6) is 0 Å². The third-order valence-corrected chi connectivity index (χ3v) is 8.25. The second kappa shape index (κ2) is 9.33. The van der Waals surface area contributed by atoms with E-state index in [0.717, 1.165) is 65.6 Å². The lowest BCUT2D eigenvalue weighted by molar-refractivity contribution is 0.673. The van der Waals surface area contributed by atoms with E-state index in [1.807, 2.05) is 60.7 Å². The number of aromatic nitrogens is 3. The van der Waals surface area contributed by atoms with Crippen molar-refractivity contribution in [2.75, 3.05) is 0 Å². The van der Waals surface area contributed by atoms with Crippen LogP contribution in [0, 0.1) is 0 Å². The number of nitrogens with zero attached hydrogens (tertiary/aromatic N) is 3. The van der Waals surface area contributed by atoms with Gasteiger partial charge in [0.1, 0.15) is 11.2 Å². The minimum Gasteiger partial charge on any atom is -0.455 e. The molecule has 2 heterocycles. The van der Waals surface area contributed by atoms with E-state index in [1.165, 1.54) is 5.39 Å². The molecule has 0 fully saturated rings. The van der Waals surface area contributed by atoms with Gasteiger partial charge in [-0.3, -0.25) is 0 Å². The van der Waals surface area contributed by atoms with Crippen LogP contribution in [-0.2, 0) is 0 Å². The van der Waals surface area contributed by atoms with E-state index in [0.29, 0.717) is 17.5 Å². The zero-order valence-electron chi connectivity index (χ0n) is 23.0. The lowest BCUT2D eigenvalue weighted by Crippen LogP contribution is -2.00. The van der Waals surface area contributed by atoms with E-state index in [9.17, 15) is 0 Å². The zero-order chi connectivity index (χ0) is 28.3. The normalized spacial score (nSPS) is 11.7. The lowest BCUT2D eigenvalue weighted by atomic mass is 9.95. The van der Waals surface area contributed by atoms with Gasteiger partial charge >= 0.3 is 0 Å². The molecule has 7 aromatic carbocycles. The fraction of sp³-hybridized carbons (Fsp3) is 0. The summed E-state index contributed by atoms with van der Waals surface area (Å²) in [6.45, 7) is 0. The lowest BCUT2D eigenvalue weighted by Gasteiger charge is -2.11. The standard InChI is InChI=1S/C39H23N3O/c1-3-12-25(13-4-1)37-40-38(26-14-5-2-6-15-26)42-39(41-37)32-22-29-20-19-24-11-9-10-18-30(24)34(29)36-35(32)31-21-27-16-7-8-17-28(27)23-33(31)43-36/h1-23H. The minimum absolute atomic E-state index is 0.614. The average Bonchev–Trinajstić information content (AvgIpc) is 3.45. The molecule has 43 heavy (non-hydrogen) atoms. The van der Waals surface area contributed by atoms with Crippen molar-refractivity contribution >= 4 is 54.3 Å². The number of rotatable bonds is 3. The van der Waals surface area contributed by atoms with Gasteiger partial charge in [0.15, 0.2) is 17.5 Å². The molecule has 0 aliphatic rings. The number of hydrogen-bond acceptors (Lipinski definition) is 4. The first kappa shape index (κ1) is 23.8. The molecule has 0 radical (unpaired) electrons. The molecule has 0 aliphatic carbocycles. The Morgan fingerprint density at radius 2 is 0.953 bits per heavy atom. The highest BCUT2D eigenvalue weighted by molar-refractivity contribution is 6.27. The summed E-state index contributed by atoms with van der Waals surface area (Å²) >= 11 is 0. The zero-order valence-corrected chi connectivity index (χ0v) is 23.0. The molecular formula is C39H23N3O. The summed E-state index contributed by atoms with van der Waals surface area (Å²) in [5.41, 5.74) is 4.49. The Labute approximate surface area is 246 Å². The van der Waals surface area contributed by atoms with Gasteiger partial charge in [-0.2, -0.15) is 0 Å². The Hall–Kier alpha value is -5.87. The molecule has 0 unspecified atom stereocenters. The first-order chi connectivity index (χ1) is 21.3. The van der Waals surface area contributed by atoms with Crippen LogP contribution in [0.1, 0.15) is 0 Å². The Balaban J connectivity index is 1.45. The molecule has 0 bridgehead atoms. The molecule has 0 N–H and O–H groups in total. The molecule has 0 amide bonds. The highest BCUT2D eigenvalue weighted by Gasteiger charge is 2.21. The maximum Gasteiger partial charge on any atom is 0.164 e. The summed E-state index contributed by atoms with van der Waals surface area (Å²) in [4.78, 5) is 15.1. The minimum atomic E-state index is 0.614. The van der Waals surface area contributed by atoms with Gasteiger partial charge in [-0.15, -0.1) is 0 Å². The summed E-state index contributed by atoms with van der Waals surface area (Å²) < 4.78 is 6.80. The van der Waals surface area contributed by atoms with Crippen LogP contribution in [0.4, 0.5) is 0 Å². The predicted molar refractivity (Wildman–Crippen MR) is 176 cm³/mol. The molecular weight excluding hydrogens is 526 g/mol. The molecule has 4 heteroatoms. The number of furan rings is 1. The second-order valence-electron chi connectivity index (χ2n) is 10.8. The number of fused-ring (bicyclic) bond motifs is 8. The summed E-state index contributed by atoms with van der Waals surface area (Å²) in [7, 11) is 0. The first-order valence-corrected chi connectivity index (χ1v) is 14.4. The summed E-state index contributed by atoms with van der Waals surface area (Å²) in [5, 5.41) is 8.86. The Morgan fingerprint density at radius 1 is 0.395 bits per heavy atom. The predicted octanol–water partition coefficient (Wildman–Crippen LogP) is 10.2. The topological polar surface area (TPSA) is 51.8 Å². The molecule has 2 aromatic heterocycles. The summed E-state index contributed by atoms with van der Waals surface area (Å²) in [6, 6.07) is 48.0. The van der Waals surface area contributed by atoms with Gasteiger partial charge in [-0.05, 0) is 45.1 Å². The van der Waals surface area contributed by atoms with Crippen molar-refractivity contribution in [1.82, 2.24) is 15.0 Å². The van der Waals surface area contributed by atoms with E-state index in [2.05, 4.69) is 78.9 Å². The molecule has 4 nitrogen and oxygen atoms in total. The molecule has 0 saturated heterocycles. The quantitative estimate of drug-likeness (QED) is 0.206. The largest absolute Gasteiger partial charge is 0.455 e. The molecule has 9 rings (SSSR count). The highest BCUT2D eigenvalue weighted by Crippen LogP contribution is 2.44. The molecule has 0 aliphatic heterocycles. The van der Waals surface area contributed by atoms with Crippen LogP contribution >= 0.6 is 0 Å². The van der Waals surface area contributed by atoms with E-state index in [4.69, 9.17) is 19.4 Å². The monoisotopic (exact) mass is 549 g/mol. The van der Waals surface area contributed by atoms with Gasteiger partial charge in [-0.1, -0.05) is 121 Å².